The highest BCUT2D eigenvalue weighted by Crippen LogP contribution is 2.32. The summed E-state index contributed by atoms with van der Waals surface area (Å²) in [6, 6.07) is 19.9. The molecule has 0 saturated heterocycles. The SMILES string of the molecule is C[C@H](CC#N)[C@@H](NC(=O)C(C)(c1ccccc1)c1ccccc1)C(N)=O. The van der Waals surface area contributed by atoms with Crippen molar-refractivity contribution in [2.24, 2.45) is 11.7 Å². The van der Waals surface area contributed by atoms with E-state index in [1.807, 2.05) is 73.7 Å². The Balaban J connectivity index is 2.45. The second-order valence-corrected chi connectivity index (χ2v) is 6.55. The molecule has 0 aliphatic rings. The van der Waals surface area contributed by atoms with Gasteiger partial charge in [0.25, 0.3) is 0 Å². The number of rotatable bonds is 7. The quantitative estimate of drug-likeness (QED) is 0.804. The molecule has 134 valence electrons. The number of amides is 2. The van der Waals surface area contributed by atoms with Gasteiger partial charge in [0.05, 0.1) is 11.5 Å². The molecule has 2 aromatic rings. The summed E-state index contributed by atoms with van der Waals surface area (Å²) in [6.45, 7) is 3.54. The van der Waals surface area contributed by atoms with Crippen LogP contribution in [0.15, 0.2) is 60.7 Å². The maximum atomic E-state index is 13.3. The Morgan fingerprint density at radius 2 is 1.54 bits per heavy atom. The van der Waals surface area contributed by atoms with Crippen LogP contribution in [0.25, 0.3) is 0 Å². The first kappa shape index (κ1) is 19.2. The number of primary amides is 1. The second kappa shape index (κ2) is 8.30. The van der Waals surface area contributed by atoms with E-state index in [-0.39, 0.29) is 18.2 Å². The smallest absolute Gasteiger partial charge is 0.240 e. The number of benzene rings is 2. The average molecular weight is 349 g/mol. The number of carbonyl (C=O) groups is 2. The first-order valence-corrected chi connectivity index (χ1v) is 8.49. The molecule has 0 radical (unpaired) electrons. The van der Waals surface area contributed by atoms with Crippen molar-refractivity contribution >= 4 is 11.8 Å². The number of nitriles is 1. The van der Waals surface area contributed by atoms with Gasteiger partial charge >= 0.3 is 0 Å². The molecule has 2 rings (SSSR count). The molecule has 5 heteroatoms. The highest BCUT2D eigenvalue weighted by atomic mass is 16.2. The van der Waals surface area contributed by atoms with E-state index in [1.54, 1.807) is 6.92 Å². The molecule has 0 fully saturated rings. The Hall–Kier alpha value is -3.13. The van der Waals surface area contributed by atoms with Gasteiger partial charge in [-0.1, -0.05) is 67.6 Å². The summed E-state index contributed by atoms with van der Waals surface area (Å²) in [6.07, 6.45) is 0.126. The lowest BCUT2D eigenvalue weighted by atomic mass is 9.75. The van der Waals surface area contributed by atoms with Crippen LogP contribution in [0.5, 0.6) is 0 Å². The van der Waals surface area contributed by atoms with Crippen LogP contribution < -0.4 is 11.1 Å². The lowest BCUT2D eigenvalue weighted by Gasteiger charge is -2.32. The zero-order valence-electron chi connectivity index (χ0n) is 15.0. The second-order valence-electron chi connectivity index (χ2n) is 6.55. The minimum atomic E-state index is -0.997. The zero-order valence-corrected chi connectivity index (χ0v) is 15.0. The molecular formula is C21H23N3O2. The fraction of sp³-hybridized carbons (Fsp3) is 0.286. The molecule has 0 aliphatic heterocycles. The number of carbonyl (C=O) groups excluding carboxylic acids is 2. The van der Waals surface area contributed by atoms with Gasteiger partial charge in [0.1, 0.15) is 6.04 Å². The van der Waals surface area contributed by atoms with Crippen molar-refractivity contribution < 1.29 is 9.59 Å². The van der Waals surface area contributed by atoms with E-state index in [0.29, 0.717) is 0 Å². The van der Waals surface area contributed by atoms with Crippen LogP contribution in [-0.4, -0.2) is 17.9 Å². The third kappa shape index (κ3) is 3.92. The van der Waals surface area contributed by atoms with E-state index in [9.17, 15) is 9.59 Å². The fourth-order valence-corrected chi connectivity index (χ4v) is 3.01. The van der Waals surface area contributed by atoms with Gasteiger partial charge in [0.15, 0.2) is 0 Å². The third-order valence-corrected chi connectivity index (χ3v) is 4.73. The summed E-state index contributed by atoms with van der Waals surface area (Å²) in [5, 5.41) is 11.7. The molecule has 3 N–H and O–H groups in total. The first-order valence-electron chi connectivity index (χ1n) is 8.49. The number of nitrogens with one attached hydrogen (secondary N) is 1. The minimum Gasteiger partial charge on any atom is -0.368 e. The van der Waals surface area contributed by atoms with Crippen LogP contribution in [0.3, 0.4) is 0 Å². The Kier molecular flexibility index (Phi) is 6.13. The molecule has 0 saturated carbocycles. The van der Waals surface area contributed by atoms with E-state index >= 15 is 0 Å². The number of nitrogens with two attached hydrogens (primary N) is 1. The summed E-state index contributed by atoms with van der Waals surface area (Å²) >= 11 is 0. The highest BCUT2D eigenvalue weighted by Gasteiger charge is 2.39. The van der Waals surface area contributed by atoms with Gasteiger partial charge in [-0.25, -0.2) is 0 Å². The van der Waals surface area contributed by atoms with Gasteiger partial charge in [0.2, 0.25) is 11.8 Å². The summed E-state index contributed by atoms with van der Waals surface area (Å²) < 4.78 is 0. The van der Waals surface area contributed by atoms with E-state index in [1.165, 1.54) is 0 Å². The average Bonchev–Trinajstić information content (AvgIpc) is 2.66. The van der Waals surface area contributed by atoms with Gasteiger partial charge in [-0.15, -0.1) is 0 Å². The Morgan fingerprint density at radius 3 is 1.92 bits per heavy atom. The normalized spacial score (nSPS) is 13.3. The molecule has 5 nitrogen and oxygen atoms in total. The fourth-order valence-electron chi connectivity index (χ4n) is 3.01. The minimum absolute atomic E-state index is 0.126. The number of nitrogens with zero attached hydrogens (tertiary/aromatic N) is 1. The van der Waals surface area contributed by atoms with Gasteiger partial charge in [0, 0.05) is 6.42 Å². The predicted molar refractivity (Wildman–Crippen MR) is 99.9 cm³/mol. The van der Waals surface area contributed by atoms with Crippen LogP contribution in [0, 0.1) is 17.2 Å². The van der Waals surface area contributed by atoms with Crippen molar-refractivity contribution in [1.29, 1.82) is 5.26 Å². The van der Waals surface area contributed by atoms with Crippen molar-refractivity contribution in [3.05, 3.63) is 71.8 Å². The van der Waals surface area contributed by atoms with Crippen LogP contribution in [0.1, 0.15) is 31.4 Å². The number of hydrogen-bond donors (Lipinski definition) is 2. The molecule has 2 atom stereocenters. The van der Waals surface area contributed by atoms with Crippen molar-refractivity contribution in [2.75, 3.05) is 0 Å². The predicted octanol–water partition coefficient (Wildman–Crippen LogP) is 2.51. The Labute approximate surface area is 153 Å². The molecule has 26 heavy (non-hydrogen) atoms. The molecule has 0 spiro atoms. The molecule has 0 aromatic heterocycles. The molecular weight excluding hydrogens is 326 g/mol. The van der Waals surface area contributed by atoms with Gasteiger partial charge in [-0.2, -0.15) is 5.26 Å². The van der Waals surface area contributed by atoms with Crippen molar-refractivity contribution in [3.8, 4) is 6.07 Å². The van der Waals surface area contributed by atoms with E-state index < -0.39 is 17.4 Å². The highest BCUT2D eigenvalue weighted by molar-refractivity contribution is 5.95. The molecule has 0 bridgehead atoms. The standard InChI is InChI=1S/C21H23N3O2/c1-15(13-14-22)18(19(23)25)24-20(26)21(2,16-9-5-3-6-10-16)17-11-7-4-8-12-17/h3-12,15,18H,13H2,1-2H3,(H2,23,25)(H,24,26)/t15-,18-/m1/s1. The summed E-state index contributed by atoms with van der Waals surface area (Å²) in [7, 11) is 0. The van der Waals surface area contributed by atoms with Gasteiger partial charge < -0.3 is 11.1 Å². The van der Waals surface area contributed by atoms with Crippen molar-refractivity contribution in [1.82, 2.24) is 5.32 Å². The monoisotopic (exact) mass is 349 g/mol. The first-order chi connectivity index (χ1) is 12.4. The van der Waals surface area contributed by atoms with Crippen molar-refractivity contribution in [3.63, 3.8) is 0 Å². The zero-order chi connectivity index (χ0) is 19.2. The molecule has 2 amide bonds. The maximum Gasteiger partial charge on any atom is 0.240 e. The maximum absolute atomic E-state index is 13.3. The Morgan fingerprint density at radius 1 is 1.08 bits per heavy atom. The summed E-state index contributed by atoms with van der Waals surface area (Å²) in [5.41, 5.74) is 6.09. The summed E-state index contributed by atoms with van der Waals surface area (Å²) in [4.78, 5) is 25.1. The lowest BCUT2D eigenvalue weighted by Crippen LogP contribution is -2.54. The molecule has 0 heterocycles. The van der Waals surface area contributed by atoms with E-state index in [0.717, 1.165) is 11.1 Å². The van der Waals surface area contributed by atoms with Gasteiger partial charge in [-0.05, 0) is 24.0 Å². The molecule has 0 unspecified atom stereocenters. The largest absolute Gasteiger partial charge is 0.368 e. The topological polar surface area (TPSA) is 96.0 Å². The lowest BCUT2D eigenvalue weighted by molar-refractivity contribution is -0.130. The molecule has 2 aromatic carbocycles. The molecule has 0 aliphatic carbocycles. The summed E-state index contributed by atoms with van der Waals surface area (Å²) in [5.74, 6) is -1.36. The van der Waals surface area contributed by atoms with Crippen LogP contribution in [-0.2, 0) is 15.0 Å². The van der Waals surface area contributed by atoms with Gasteiger partial charge in [-0.3, -0.25) is 9.59 Å². The van der Waals surface area contributed by atoms with Crippen LogP contribution in [0.4, 0.5) is 0 Å². The Bertz CT molecular complexity index is 758. The third-order valence-electron chi connectivity index (χ3n) is 4.73. The van der Waals surface area contributed by atoms with E-state index in [4.69, 9.17) is 11.0 Å². The van der Waals surface area contributed by atoms with Crippen LogP contribution >= 0.6 is 0 Å². The van der Waals surface area contributed by atoms with E-state index in [2.05, 4.69) is 5.32 Å². The number of hydrogen-bond acceptors (Lipinski definition) is 3. The van der Waals surface area contributed by atoms with Crippen molar-refractivity contribution in [2.45, 2.75) is 31.7 Å². The van der Waals surface area contributed by atoms with Crippen LogP contribution in [0.2, 0.25) is 0 Å².